The van der Waals surface area contributed by atoms with Crippen molar-refractivity contribution in [2.75, 3.05) is 24.2 Å². The standard InChI is InChI=1S/C14H16N2O4S/c1-19-13-2-4-14(5-3-13)20-10-11-21(17,18)16-12-6-8-15-9-7-12/h2-9H,10-11H2,1H3,(H,15,16). The Morgan fingerprint density at radius 2 is 1.67 bits per heavy atom. The summed E-state index contributed by atoms with van der Waals surface area (Å²) in [5, 5.41) is 0. The van der Waals surface area contributed by atoms with Crippen molar-refractivity contribution in [1.82, 2.24) is 4.98 Å². The van der Waals surface area contributed by atoms with Gasteiger partial charge in [-0.1, -0.05) is 0 Å². The molecule has 112 valence electrons. The third-order valence-corrected chi connectivity index (χ3v) is 3.88. The summed E-state index contributed by atoms with van der Waals surface area (Å²) in [6.07, 6.45) is 3.04. The van der Waals surface area contributed by atoms with Gasteiger partial charge in [-0.05, 0) is 36.4 Å². The first-order valence-electron chi connectivity index (χ1n) is 6.26. The molecule has 0 amide bonds. The van der Waals surface area contributed by atoms with E-state index in [4.69, 9.17) is 9.47 Å². The number of benzene rings is 1. The molecule has 0 aliphatic rings. The quantitative estimate of drug-likeness (QED) is 0.845. The highest BCUT2D eigenvalue weighted by atomic mass is 32.2. The normalized spacial score (nSPS) is 10.9. The average molecular weight is 308 g/mol. The van der Waals surface area contributed by atoms with Crippen LogP contribution in [0.1, 0.15) is 0 Å². The minimum atomic E-state index is -3.45. The fraction of sp³-hybridized carbons (Fsp3) is 0.214. The molecule has 0 spiro atoms. The first-order chi connectivity index (χ1) is 10.1. The lowest BCUT2D eigenvalue weighted by atomic mass is 10.3. The summed E-state index contributed by atoms with van der Waals surface area (Å²) in [5.74, 6) is 1.17. The lowest BCUT2D eigenvalue weighted by Crippen LogP contribution is -2.21. The van der Waals surface area contributed by atoms with Gasteiger partial charge in [-0.15, -0.1) is 0 Å². The molecule has 1 aromatic carbocycles. The van der Waals surface area contributed by atoms with E-state index in [1.807, 2.05) is 0 Å². The Kier molecular flexibility index (Phi) is 4.99. The van der Waals surface area contributed by atoms with Gasteiger partial charge >= 0.3 is 0 Å². The highest BCUT2D eigenvalue weighted by molar-refractivity contribution is 7.92. The van der Waals surface area contributed by atoms with Gasteiger partial charge in [0.15, 0.2) is 0 Å². The fourth-order valence-electron chi connectivity index (χ4n) is 1.59. The van der Waals surface area contributed by atoms with Gasteiger partial charge in [-0.3, -0.25) is 9.71 Å². The molecule has 7 heteroatoms. The molecule has 0 saturated carbocycles. The first-order valence-corrected chi connectivity index (χ1v) is 7.92. The second kappa shape index (κ2) is 6.94. The Hall–Kier alpha value is -2.28. The number of pyridine rings is 1. The largest absolute Gasteiger partial charge is 0.497 e. The molecular weight excluding hydrogens is 292 g/mol. The number of aromatic nitrogens is 1. The molecule has 1 heterocycles. The van der Waals surface area contributed by atoms with Crippen molar-refractivity contribution in [1.29, 1.82) is 0 Å². The number of rotatable bonds is 7. The van der Waals surface area contributed by atoms with Crippen molar-refractivity contribution >= 4 is 15.7 Å². The predicted molar refractivity (Wildman–Crippen MR) is 80.1 cm³/mol. The number of nitrogens with one attached hydrogen (secondary N) is 1. The SMILES string of the molecule is COc1ccc(OCCS(=O)(=O)Nc2ccncc2)cc1. The number of hydrogen-bond acceptors (Lipinski definition) is 5. The van der Waals surface area contributed by atoms with Crippen LogP contribution in [0.15, 0.2) is 48.8 Å². The minimum absolute atomic E-state index is 0.0622. The van der Waals surface area contributed by atoms with Crippen LogP contribution in [-0.2, 0) is 10.0 Å². The van der Waals surface area contributed by atoms with Crippen LogP contribution in [0.3, 0.4) is 0 Å². The zero-order valence-electron chi connectivity index (χ0n) is 11.5. The van der Waals surface area contributed by atoms with Crippen molar-refractivity contribution in [3.8, 4) is 11.5 Å². The molecule has 2 rings (SSSR count). The molecule has 21 heavy (non-hydrogen) atoms. The summed E-state index contributed by atoms with van der Waals surface area (Å²) in [4.78, 5) is 3.82. The molecule has 0 unspecified atom stereocenters. The van der Waals surface area contributed by atoms with E-state index in [2.05, 4.69) is 9.71 Å². The second-order valence-corrected chi connectivity index (χ2v) is 6.02. The molecule has 1 aromatic heterocycles. The molecule has 0 fully saturated rings. The Bertz CT molecular complexity index is 657. The Balaban J connectivity index is 1.84. The van der Waals surface area contributed by atoms with Gasteiger partial charge in [0.2, 0.25) is 10.0 Å². The molecular formula is C14H16N2O4S. The van der Waals surface area contributed by atoms with Crippen LogP contribution in [0, 0.1) is 0 Å². The third kappa shape index (κ3) is 4.96. The van der Waals surface area contributed by atoms with E-state index in [0.29, 0.717) is 17.2 Å². The van der Waals surface area contributed by atoms with Crippen LogP contribution in [-0.4, -0.2) is 32.9 Å². The molecule has 2 aromatic rings. The maximum atomic E-state index is 11.9. The average Bonchev–Trinajstić information content (AvgIpc) is 2.48. The Labute approximate surface area is 123 Å². The number of methoxy groups -OCH3 is 1. The summed E-state index contributed by atoms with van der Waals surface area (Å²) in [6.45, 7) is 0.0622. The summed E-state index contributed by atoms with van der Waals surface area (Å²) in [6, 6.07) is 10.1. The Morgan fingerprint density at radius 1 is 1.05 bits per heavy atom. The minimum Gasteiger partial charge on any atom is -0.497 e. The van der Waals surface area contributed by atoms with Gasteiger partial charge in [0.25, 0.3) is 0 Å². The highest BCUT2D eigenvalue weighted by Crippen LogP contribution is 2.17. The smallest absolute Gasteiger partial charge is 0.236 e. The van der Waals surface area contributed by atoms with Gasteiger partial charge in [-0.2, -0.15) is 0 Å². The van der Waals surface area contributed by atoms with Crippen molar-refractivity contribution in [3.63, 3.8) is 0 Å². The summed E-state index contributed by atoms with van der Waals surface area (Å²) >= 11 is 0. The number of nitrogens with zero attached hydrogens (tertiary/aromatic N) is 1. The molecule has 0 aliphatic heterocycles. The zero-order chi connectivity index (χ0) is 15.1. The molecule has 0 aliphatic carbocycles. The van der Waals surface area contributed by atoms with Gasteiger partial charge in [-0.25, -0.2) is 8.42 Å². The van der Waals surface area contributed by atoms with Gasteiger partial charge in [0.05, 0.1) is 12.8 Å². The van der Waals surface area contributed by atoms with Crippen LogP contribution >= 0.6 is 0 Å². The number of hydrogen-bond donors (Lipinski definition) is 1. The van der Waals surface area contributed by atoms with Crippen LogP contribution in [0.25, 0.3) is 0 Å². The van der Waals surface area contributed by atoms with Crippen LogP contribution < -0.4 is 14.2 Å². The topological polar surface area (TPSA) is 77.5 Å². The van der Waals surface area contributed by atoms with Crippen molar-refractivity contribution in [3.05, 3.63) is 48.8 Å². The van der Waals surface area contributed by atoms with E-state index in [1.165, 1.54) is 12.4 Å². The van der Waals surface area contributed by atoms with Crippen LogP contribution in [0.5, 0.6) is 11.5 Å². The lowest BCUT2D eigenvalue weighted by molar-refractivity contribution is 0.340. The van der Waals surface area contributed by atoms with Gasteiger partial charge in [0, 0.05) is 12.4 Å². The maximum absolute atomic E-state index is 11.9. The third-order valence-electron chi connectivity index (χ3n) is 2.63. The van der Waals surface area contributed by atoms with E-state index in [1.54, 1.807) is 43.5 Å². The molecule has 6 nitrogen and oxygen atoms in total. The van der Waals surface area contributed by atoms with E-state index in [0.717, 1.165) is 0 Å². The van der Waals surface area contributed by atoms with Crippen molar-refractivity contribution in [2.45, 2.75) is 0 Å². The maximum Gasteiger partial charge on any atom is 0.236 e. The molecule has 0 atom stereocenters. The predicted octanol–water partition coefficient (Wildman–Crippen LogP) is 1.91. The van der Waals surface area contributed by atoms with Gasteiger partial charge in [0.1, 0.15) is 23.9 Å². The lowest BCUT2D eigenvalue weighted by Gasteiger charge is -2.09. The monoisotopic (exact) mass is 308 g/mol. The second-order valence-electron chi connectivity index (χ2n) is 4.18. The van der Waals surface area contributed by atoms with E-state index in [-0.39, 0.29) is 12.4 Å². The van der Waals surface area contributed by atoms with E-state index < -0.39 is 10.0 Å². The number of anilines is 1. The summed E-state index contributed by atoms with van der Waals surface area (Å²) in [7, 11) is -1.87. The highest BCUT2D eigenvalue weighted by Gasteiger charge is 2.10. The zero-order valence-corrected chi connectivity index (χ0v) is 12.3. The van der Waals surface area contributed by atoms with Crippen molar-refractivity contribution < 1.29 is 17.9 Å². The van der Waals surface area contributed by atoms with Gasteiger partial charge < -0.3 is 9.47 Å². The molecule has 0 bridgehead atoms. The summed E-state index contributed by atoms with van der Waals surface area (Å²) < 4.78 is 36.6. The van der Waals surface area contributed by atoms with Crippen LogP contribution in [0.4, 0.5) is 5.69 Å². The fourth-order valence-corrected chi connectivity index (χ4v) is 2.49. The van der Waals surface area contributed by atoms with E-state index >= 15 is 0 Å². The molecule has 0 saturated heterocycles. The molecule has 1 N–H and O–H groups in total. The first kappa shape index (κ1) is 15.1. The Morgan fingerprint density at radius 3 is 2.29 bits per heavy atom. The summed E-state index contributed by atoms with van der Waals surface area (Å²) in [5.41, 5.74) is 0.481. The number of ether oxygens (including phenoxy) is 2. The van der Waals surface area contributed by atoms with Crippen molar-refractivity contribution in [2.24, 2.45) is 0 Å². The van der Waals surface area contributed by atoms with Crippen LogP contribution in [0.2, 0.25) is 0 Å². The number of sulfonamides is 1. The van der Waals surface area contributed by atoms with E-state index in [9.17, 15) is 8.42 Å². The molecule has 0 radical (unpaired) electrons.